The number of halogens is 2. The molecule has 1 unspecified atom stereocenters. The molecule has 102 valence electrons. The molecular weight excluding hydrogens is 318 g/mol. The van der Waals surface area contributed by atoms with Crippen LogP contribution in [-0.4, -0.2) is 35.0 Å². The molecule has 1 aliphatic rings. The first-order valence-electron chi connectivity index (χ1n) is 6.00. The zero-order chi connectivity index (χ0) is 12.4. The molecule has 0 saturated carbocycles. The Hall–Kier alpha value is -0.520. The molecular formula is C12H19BrClN3O. The van der Waals surface area contributed by atoms with Gasteiger partial charge >= 0.3 is 0 Å². The molecule has 1 saturated heterocycles. The Bertz CT molecular complexity index is 421. The quantitative estimate of drug-likeness (QED) is 0.919. The first kappa shape index (κ1) is 15.5. The lowest BCUT2D eigenvalue weighted by Crippen LogP contribution is -2.31. The smallest absolute Gasteiger partial charge is 0.270 e. The number of rotatable bonds is 3. The van der Waals surface area contributed by atoms with Crippen LogP contribution in [0.1, 0.15) is 23.8 Å². The summed E-state index contributed by atoms with van der Waals surface area (Å²) in [5.41, 5.74) is 6.41. The Kier molecular flexibility index (Phi) is 5.69. The van der Waals surface area contributed by atoms with Crippen molar-refractivity contribution in [2.24, 2.45) is 11.7 Å². The number of aromatic nitrogens is 1. The number of carbonyl (C=O) groups is 1. The summed E-state index contributed by atoms with van der Waals surface area (Å²) in [5, 5.41) is 0. The predicted octanol–water partition coefficient (Wildman–Crippen LogP) is 2.11. The fraction of sp³-hybridized carbons (Fsp3) is 0.583. The van der Waals surface area contributed by atoms with Gasteiger partial charge in [0.05, 0.1) is 0 Å². The minimum Gasteiger partial charge on any atom is -0.343 e. The van der Waals surface area contributed by atoms with Crippen molar-refractivity contribution in [3.8, 4) is 0 Å². The van der Waals surface area contributed by atoms with Crippen molar-refractivity contribution in [1.29, 1.82) is 0 Å². The number of hydrogen-bond acceptors (Lipinski definition) is 2. The number of nitrogens with zero attached hydrogens (tertiary/aromatic N) is 2. The van der Waals surface area contributed by atoms with Gasteiger partial charge in [-0.2, -0.15) is 0 Å². The van der Waals surface area contributed by atoms with Gasteiger partial charge in [-0.05, 0) is 47.8 Å². The molecule has 18 heavy (non-hydrogen) atoms. The molecule has 4 nitrogen and oxygen atoms in total. The second kappa shape index (κ2) is 6.59. The van der Waals surface area contributed by atoms with Crippen LogP contribution < -0.4 is 5.73 Å². The third kappa shape index (κ3) is 3.08. The molecule has 6 heteroatoms. The molecule has 0 aromatic carbocycles. The number of nitrogens with two attached hydrogens (primary N) is 1. The first-order chi connectivity index (χ1) is 8.15. The SMILES string of the molecule is CCn1cc(Br)cc1C(=O)N1CCC(CN)C1.Cl. The van der Waals surface area contributed by atoms with E-state index in [0.29, 0.717) is 12.5 Å². The molecule has 1 aromatic rings. The minimum absolute atomic E-state index is 0. The van der Waals surface area contributed by atoms with Crippen molar-refractivity contribution >= 4 is 34.2 Å². The van der Waals surface area contributed by atoms with Gasteiger partial charge in [0, 0.05) is 30.3 Å². The van der Waals surface area contributed by atoms with Gasteiger partial charge < -0.3 is 15.2 Å². The van der Waals surface area contributed by atoms with E-state index in [4.69, 9.17) is 5.73 Å². The Morgan fingerprint density at radius 3 is 2.89 bits per heavy atom. The van der Waals surface area contributed by atoms with Gasteiger partial charge in [0.2, 0.25) is 0 Å². The van der Waals surface area contributed by atoms with E-state index in [-0.39, 0.29) is 18.3 Å². The van der Waals surface area contributed by atoms with E-state index in [2.05, 4.69) is 15.9 Å². The summed E-state index contributed by atoms with van der Waals surface area (Å²) in [7, 11) is 0. The maximum absolute atomic E-state index is 12.3. The van der Waals surface area contributed by atoms with E-state index >= 15 is 0 Å². The first-order valence-corrected chi connectivity index (χ1v) is 6.80. The summed E-state index contributed by atoms with van der Waals surface area (Å²) < 4.78 is 2.93. The van der Waals surface area contributed by atoms with Crippen molar-refractivity contribution in [2.75, 3.05) is 19.6 Å². The molecule has 1 aliphatic heterocycles. The maximum Gasteiger partial charge on any atom is 0.270 e. The van der Waals surface area contributed by atoms with Gasteiger partial charge in [-0.3, -0.25) is 4.79 Å². The molecule has 2 N–H and O–H groups in total. The number of likely N-dealkylation sites (tertiary alicyclic amines) is 1. The minimum atomic E-state index is 0. The zero-order valence-corrected chi connectivity index (χ0v) is 12.8. The summed E-state index contributed by atoms with van der Waals surface area (Å²) in [6, 6.07) is 1.89. The fourth-order valence-corrected chi connectivity index (χ4v) is 2.75. The fourth-order valence-electron chi connectivity index (χ4n) is 2.29. The van der Waals surface area contributed by atoms with Crippen molar-refractivity contribution in [2.45, 2.75) is 19.9 Å². The largest absolute Gasteiger partial charge is 0.343 e. The van der Waals surface area contributed by atoms with E-state index in [9.17, 15) is 4.79 Å². The highest BCUT2D eigenvalue weighted by Gasteiger charge is 2.27. The number of amides is 1. The van der Waals surface area contributed by atoms with E-state index < -0.39 is 0 Å². The van der Waals surface area contributed by atoms with Crippen LogP contribution in [0.2, 0.25) is 0 Å². The number of carbonyl (C=O) groups excluding carboxylic acids is 1. The van der Waals surface area contributed by atoms with E-state index in [1.54, 1.807) is 0 Å². The van der Waals surface area contributed by atoms with E-state index in [1.165, 1.54) is 0 Å². The molecule has 0 spiro atoms. The van der Waals surface area contributed by atoms with E-state index in [1.807, 2.05) is 28.7 Å². The predicted molar refractivity (Wildman–Crippen MR) is 78.1 cm³/mol. The highest BCUT2D eigenvalue weighted by Crippen LogP contribution is 2.21. The third-order valence-electron chi connectivity index (χ3n) is 3.33. The molecule has 0 radical (unpaired) electrons. The maximum atomic E-state index is 12.3. The molecule has 0 bridgehead atoms. The molecule has 1 atom stereocenters. The van der Waals surface area contributed by atoms with Crippen molar-refractivity contribution in [1.82, 2.24) is 9.47 Å². The van der Waals surface area contributed by atoms with E-state index in [0.717, 1.165) is 36.2 Å². The van der Waals surface area contributed by atoms with Crippen LogP contribution in [0.3, 0.4) is 0 Å². The topological polar surface area (TPSA) is 51.3 Å². The third-order valence-corrected chi connectivity index (χ3v) is 3.76. The summed E-state index contributed by atoms with van der Waals surface area (Å²) in [6.45, 7) is 5.13. The Balaban J connectivity index is 0.00000162. The molecule has 1 aromatic heterocycles. The average molecular weight is 337 g/mol. The molecule has 2 heterocycles. The van der Waals surface area contributed by atoms with Crippen LogP contribution in [0.4, 0.5) is 0 Å². The summed E-state index contributed by atoms with van der Waals surface area (Å²) in [4.78, 5) is 14.3. The van der Waals surface area contributed by atoms with Crippen LogP contribution in [0.25, 0.3) is 0 Å². The number of hydrogen-bond donors (Lipinski definition) is 1. The van der Waals surface area contributed by atoms with Crippen molar-refractivity contribution in [3.05, 3.63) is 22.4 Å². The highest BCUT2D eigenvalue weighted by molar-refractivity contribution is 9.10. The lowest BCUT2D eigenvalue weighted by Gasteiger charge is -2.17. The molecule has 1 fully saturated rings. The van der Waals surface area contributed by atoms with Gasteiger partial charge in [-0.1, -0.05) is 0 Å². The van der Waals surface area contributed by atoms with Gasteiger partial charge in [0.15, 0.2) is 0 Å². The van der Waals surface area contributed by atoms with Crippen LogP contribution >= 0.6 is 28.3 Å². The highest BCUT2D eigenvalue weighted by atomic mass is 79.9. The zero-order valence-electron chi connectivity index (χ0n) is 10.4. The lowest BCUT2D eigenvalue weighted by atomic mass is 10.1. The summed E-state index contributed by atoms with van der Waals surface area (Å²) in [5.74, 6) is 0.584. The van der Waals surface area contributed by atoms with Gasteiger partial charge in [-0.25, -0.2) is 0 Å². The Morgan fingerprint density at radius 1 is 1.61 bits per heavy atom. The number of aryl methyl sites for hydroxylation is 1. The van der Waals surface area contributed by atoms with Crippen LogP contribution in [-0.2, 0) is 6.54 Å². The van der Waals surface area contributed by atoms with Crippen molar-refractivity contribution in [3.63, 3.8) is 0 Å². The Labute approximate surface area is 122 Å². The normalized spacial score (nSPS) is 18.8. The van der Waals surface area contributed by atoms with Crippen LogP contribution in [0, 0.1) is 5.92 Å². The Morgan fingerprint density at radius 2 is 2.33 bits per heavy atom. The average Bonchev–Trinajstić information content (AvgIpc) is 2.93. The lowest BCUT2D eigenvalue weighted by molar-refractivity contribution is 0.0777. The van der Waals surface area contributed by atoms with Gasteiger partial charge in [0.25, 0.3) is 5.91 Å². The molecule has 0 aliphatic carbocycles. The monoisotopic (exact) mass is 335 g/mol. The van der Waals surface area contributed by atoms with Crippen LogP contribution in [0.15, 0.2) is 16.7 Å². The second-order valence-electron chi connectivity index (χ2n) is 4.47. The van der Waals surface area contributed by atoms with Gasteiger partial charge in [0.1, 0.15) is 5.69 Å². The van der Waals surface area contributed by atoms with Crippen molar-refractivity contribution < 1.29 is 4.79 Å². The molecule has 2 rings (SSSR count). The standard InChI is InChI=1S/C12H18BrN3O.ClH/c1-2-15-8-10(13)5-11(15)12(17)16-4-3-9(6-14)7-16;/h5,8-9H,2-4,6-7,14H2,1H3;1H. The van der Waals surface area contributed by atoms with Gasteiger partial charge in [-0.15, -0.1) is 12.4 Å². The summed E-state index contributed by atoms with van der Waals surface area (Å²) >= 11 is 3.41. The molecule has 1 amide bonds. The summed E-state index contributed by atoms with van der Waals surface area (Å²) in [6.07, 6.45) is 2.97. The van der Waals surface area contributed by atoms with Crippen LogP contribution in [0.5, 0.6) is 0 Å². The second-order valence-corrected chi connectivity index (χ2v) is 5.39.